The highest BCUT2D eigenvalue weighted by atomic mass is 32.2. The first-order valence-corrected chi connectivity index (χ1v) is 8.48. The van der Waals surface area contributed by atoms with Gasteiger partial charge in [-0.3, -0.25) is 9.52 Å². The number of thiophene rings is 1. The van der Waals surface area contributed by atoms with Gasteiger partial charge in [0.25, 0.3) is 10.0 Å². The predicted octanol–water partition coefficient (Wildman–Crippen LogP) is 2.79. The van der Waals surface area contributed by atoms with Gasteiger partial charge in [0.1, 0.15) is 4.21 Å². The Bertz CT molecular complexity index is 778. The van der Waals surface area contributed by atoms with Crippen LogP contribution in [-0.4, -0.2) is 19.5 Å². The van der Waals surface area contributed by atoms with E-state index in [-0.39, 0.29) is 10.6 Å². The summed E-state index contributed by atoms with van der Waals surface area (Å²) in [4.78, 5) is 11.1. The molecule has 0 aliphatic rings. The zero-order chi connectivity index (χ0) is 15.6. The number of benzene rings is 1. The van der Waals surface area contributed by atoms with Gasteiger partial charge in [0.05, 0.1) is 6.42 Å². The molecule has 0 atom stereocenters. The van der Waals surface area contributed by atoms with Gasteiger partial charge < -0.3 is 5.11 Å². The maximum Gasteiger partial charge on any atom is 0.308 e. The Morgan fingerprint density at radius 3 is 2.52 bits per heavy atom. The van der Waals surface area contributed by atoms with Crippen molar-refractivity contribution in [3.8, 4) is 0 Å². The Morgan fingerprint density at radius 1 is 1.19 bits per heavy atom. The number of nitrogens with one attached hydrogen (secondary N) is 1. The Labute approximate surface area is 127 Å². The zero-order valence-corrected chi connectivity index (χ0v) is 13.2. The molecule has 112 valence electrons. The van der Waals surface area contributed by atoms with Crippen molar-refractivity contribution in [1.82, 2.24) is 0 Å². The quantitative estimate of drug-likeness (QED) is 0.885. The molecule has 0 radical (unpaired) electrons. The molecule has 5 nitrogen and oxygen atoms in total. The lowest BCUT2D eigenvalue weighted by Gasteiger charge is -2.08. The second-order valence-corrected chi connectivity index (χ2v) is 7.77. The van der Waals surface area contributed by atoms with E-state index < -0.39 is 16.0 Å². The summed E-state index contributed by atoms with van der Waals surface area (Å²) in [7, 11) is -3.68. The van der Waals surface area contributed by atoms with E-state index in [1.165, 1.54) is 12.1 Å². The van der Waals surface area contributed by atoms with Crippen LogP contribution < -0.4 is 4.72 Å². The molecule has 7 heteroatoms. The summed E-state index contributed by atoms with van der Waals surface area (Å²) >= 11 is 0.963. The summed E-state index contributed by atoms with van der Waals surface area (Å²) in [6, 6.07) is 8.25. The molecule has 2 aromatic rings. The fraction of sp³-hybridized carbons (Fsp3) is 0.214. The van der Waals surface area contributed by atoms with Crippen LogP contribution >= 0.6 is 11.3 Å². The molecule has 0 saturated carbocycles. The van der Waals surface area contributed by atoms with Crippen LogP contribution in [-0.2, 0) is 21.2 Å². The fourth-order valence-corrected chi connectivity index (χ4v) is 4.15. The zero-order valence-electron chi connectivity index (χ0n) is 11.6. The van der Waals surface area contributed by atoms with E-state index in [0.717, 1.165) is 22.5 Å². The minimum Gasteiger partial charge on any atom is -0.481 e. The summed E-state index contributed by atoms with van der Waals surface area (Å²) < 4.78 is 27.1. The summed E-state index contributed by atoms with van der Waals surface area (Å²) in [6.45, 7) is 3.86. The summed E-state index contributed by atoms with van der Waals surface area (Å²) in [5, 5.41) is 8.71. The molecule has 2 rings (SSSR count). The third kappa shape index (κ3) is 3.83. The molecular weight excluding hydrogens is 310 g/mol. The van der Waals surface area contributed by atoms with Crippen molar-refractivity contribution in [2.75, 3.05) is 4.72 Å². The first kappa shape index (κ1) is 15.5. The van der Waals surface area contributed by atoms with E-state index >= 15 is 0 Å². The Balaban J connectivity index is 2.23. The van der Waals surface area contributed by atoms with Crippen molar-refractivity contribution in [2.45, 2.75) is 24.5 Å². The molecule has 2 N–H and O–H groups in total. The van der Waals surface area contributed by atoms with Gasteiger partial charge in [-0.1, -0.05) is 6.07 Å². The minimum absolute atomic E-state index is 0.108. The van der Waals surface area contributed by atoms with E-state index in [4.69, 9.17) is 5.11 Å². The van der Waals surface area contributed by atoms with E-state index in [9.17, 15) is 13.2 Å². The molecule has 0 saturated heterocycles. The van der Waals surface area contributed by atoms with Gasteiger partial charge >= 0.3 is 5.97 Å². The third-order valence-electron chi connectivity index (χ3n) is 2.99. The normalized spacial score (nSPS) is 11.3. The van der Waals surface area contributed by atoms with Crippen LogP contribution in [0.15, 0.2) is 34.5 Å². The topological polar surface area (TPSA) is 83.5 Å². The van der Waals surface area contributed by atoms with Gasteiger partial charge in [-0.15, -0.1) is 11.3 Å². The number of carboxylic acids is 1. The number of rotatable bonds is 5. The smallest absolute Gasteiger partial charge is 0.308 e. The van der Waals surface area contributed by atoms with Gasteiger partial charge in [0, 0.05) is 10.6 Å². The number of carbonyl (C=O) groups is 1. The maximum atomic E-state index is 12.2. The summed E-state index contributed by atoms with van der Waals surface area (Å²) in [5.41, 5.74) is 2.57. The van der Waals surface area contributed by atoms with Crippen LogP contribution in [0.3, 0.4) is 0 Å². The van der Waals surface area contributed by atoms with Crippen molar-refractivity contribution < 1.29 is 18.3 Å². The number of aliphatic carboxylic acids is 1. The van der Waals surface area contributed by atoms with E-state index in [1.54, 1.807) is 12.1 Å². The first-order chi connectivity index (χ1) is 9.78. The van der Waals surface area contributed by atoms with Crippen molar-refractivity contribution in [3.63, 3.8) is 0 Å². The standard InChI is InChI=1S/C14H15NO4S2/c1-9-3-4-11(7-10(9)2)15-21(18,19)14-6-5-12(20-14)8-13(16)17/h3-7,15H,8H2,1-2H3,(H,16,17). The fourth-order valence-electron chi connectivity index (χ4n) is 1.76. The minimum atomic E-state index is -3.68. The molecule has 0 spiro atoms. The lowest BCUT2D eigenvalue weighted by molar-refractivity contribution is -0.136. The number of hydrogen-bond donors (Lipinski definition) is 2. The van der Waals surface area contributed by atoms with Crippen molar-refractivity contribution in [2.24, 2.45) is 0 Å². The van der Waals surface area contributed by atoms with Gasteiger partial charge in [-0.2, -0.15) is 0 Å². The molecule has 0 aliphatic heterocycles. The summed E-state index contributed by atoms with van der Waals surface area (Å²) in [6.07, 6.45) is -0.177. The molecule has 0 bridgehead atoms. The average Bonchev–Trinajstić information content (AvgIpc) is 2.82. The molecule has 0 amide bonds. The van der Waals surface area contributed by atoms with Crippen LogP contribution in [0.2, 0.25) is 0 Å². The van der Waals surface area contributed by atoms with Gasteiger partial charge in [-0.25, -0.2) is 8.42 Å². The number of anilines is 1. The maximum absolute atomic E-state index is 12.2. The second-order valence-electron chi connectivity index (χ2n) is 4.70. The molecule has 1 heterocycles. The van der Waals surface area contributed by atoms with Crippen LogP contribution in [0.25, 0.3) is 0 Å². The Morgan fingerprint density at radius 2 is 1.90 bits per heavy atom. The van der Waals surface area contributed by atoms with Crippen LogP contribution in [0, 0.1) is 13.8 Å². The monoisotopic (exact) mass is 325 g/mol. The SMILES string of the molecule is Cc1ccc(NS(=O)(=O)c2ccc(CC(=O)O)s2)cc1C. The highest BCUT2D eigenvalue weighted by molar-refractivity contribution is 7.94. The van der Waals surface area contributed by atoms with Crippen molar-refractivity contribution in [3.05, 3.63) is 46.3 Å². The van der Waals surface area contributed by atoms with Crippen LogP contribution in [0.5, 0.6) is 0 Å². The number of sulfonamides is 1. The molecular formula is C14H15NO4S2. The number of carboxylic acid groups (broad SMARTS) is 1. The lowest BCUT2D eigenvalue weighted by Crippen LogP contribution is -2.11. The van der Waals surface area contributed by atoms with Crippen molar-refractivity contribution >= 4 is 33.0 Å². The van der Waals surface area contributed by atoms with E-state index in [1.807, 2.05) is 19.9 Å². The molecule has 0 aliphatic carbocycles. The Kier molecular flexibility index (Phi) is 4.34. The van der Waals surface area contributed by atoms with Gasteiger partial charge in [0.15, 0.2) is 0 Å². The second kappa shape index (κ2) is 5.87. The molecule has 1 aromatic heterocycles. The highest BCUT2D eigenvalue weighted by Crippen LogP contribution is 2.25. The van der Waals surface area contributed by atoms with E-state index in [2.05, 4.69) is 4.72 Å². The van der Waals surface area contributed by atoms with Crippen LogP contribution in [0.1, 0.15) is 16.0 Å². The third-order valence-corrected chi connectivity index (χ3v) is 5.94. The number of hydrogen-bond acceptors (Lipinski definition) is 4. The van der Waals surface area contributed by atoms with Gasteiger partial charge in [-0.05, 0) is 49.2 Å². The molecule has 1 aromatic carbocycles. The lowest BCUT2D eigenvalue weighted by atomic mass is 10.1. The average molecular weight is 325 g/mol. The molecule has 0 unspecified atom stereocenters. The van der Waals surface area contributed by atoms with Crippen molar-refractivity contribution in [1.29, 1.82) is 0 Å². The highest BCUT2D eigenvalue weighted by Gasteiger charge is 2.18. The van der Waals surface area contributed by atoms with E-state index in [0.29, 0.717) is 10.6 Å². The molecule has 21 heavy (non-hydrogen) atoms. The largest absolute Gasteiger partial charge is 0.481 e. The van der Waals surface area contributed by atoms with Crippen LogP contribution in [0.4, 0.5) is 5.69 Å². The van der Waals surface area contributed by atoms with Gasteiger partial charge in [0.2, 0.25) is 0 Å². The first-order valence-electron chi connectivity index (χ1n) is 6.18. The Hall–Kier alpha value is -1.86. The molecule has 0 fully saturated rings. The number of aryl methyl sites for hydroxylation is 2. The predicted molar refractivity (Wildman–Crippen MR) is 82.4 cm³/mol. The summed E-state index contributed by atoms with van der Waals surface area (Å²) in [5.74, 6) is -0.983.